The zero-order valence-corrected chi connectivity index (χ0v) is 10.1. The van der Waals surface area contributed by atoms with Gasteiger partial charge in [0.25, 0.3) is 0 Å². The summed E-state index contributed by atoms with van der Waals surface area (Å²) in [4.78, 5) is 21.4. The Morgan fingerprint density at radius 2 is 1.93 bits per heavy atom. The predicted molar refractivity (Wildman–Crippen MR) is 57.2 cm³/mol. The number of carbonyl (C=O) groups is 1. The Labute approximate surface area is 91.1 Å². The smallest absolute Gasteiger partial charge is 0.336 e. The molecular weight excluding hydrogens is 196 g/mol. The van der Waals surface area contributed by atoms with E-state index in [2.05, 4.69) is 6.58 Å². The molecule has 0 aromatic carbocycles. The molecular formula is C11H20O4. The summed E-state index contributed by atoms with van der Waals surface area (Å²) in [6, 6.07) is 0. The SMILES string of the molecule is C=C(C(=O)OCC)C(C)OOC(C)(C)C. The van der Waals surface area contributed by atoms with Crippen molar-refractivity contribution in [1.29, 1.82) is 0 Å². The molecule has 4 nitrogen and oxygen atoms in total. The summed E-state index contributed by atoms with van der Waals surface area (Å²) in [6.07, 6.45) is -0.511. The third-order valence-electron chi connectivity index (χ3n) is 1.47. The van der Waals surface area contributed by atoms with Gasteiger partial charge in [0.1, 0.15) is 6.10 Å². The van der Waals surface area contributed by atoms with Crippen molar-refractivity contribution < 1.29 is 19.3 Å². The molecule has 0 amide bonds. The van der Waals surface area contributed by atoms with Gasteiger partial charge < -0.3 is 4.74 Å². The molecule has 0 fully saturated rings. The Bertz CT molecular complexity index is 227. The first-order valence-corrected chi connectivity index (χ1v) is 4.98. The molecule has 88 valence electrons. The van der Waals surface area contributed by atoms with Crippen LogP contribution in [0.15, 0.2) is 12.2 Å². The van der Waals surface area contributed by atoms with E-state index in [0.29, 0.717) is 6.61 Å². The van der Waals surface area contributed by atoms with Crippen LogP contribution < -0.4 is 0 Å². The topological polar surface area (TPSA) is 44.8 Å². The van der Waals surface area contributed by atoms with E-state index in [4.69, 9.17) is 14.5 Å². The molecule has 0 aliphatic rings. The van der Waals surface area contributed by atoms with Gasteiger partial charge in [-0.3, -0.25) is 0 Å². The van der Waals surface area contributed by atoms with Gasteiger partial charge in [0.2, 0.25) is 0 Å². The van der Waals surface area contributed by atoms with Gasteiger partial charge in [-0.1, -0.05) is 6.58 Å². The average Bonchev–Trinajstić information content (AvgIpc) is 2.12. The van der Waals surface area contributed by atoms with Crippen molar-refractivity contribution in [3.63, 3.8) is 0 Å². The summed E-state index contributed by atoms with van der Waals surface area (Å²) in [6.45, 7) is 12.9. The van der Waals surface area contributed by atoms with Gasteiger partial charge in [-0.25, -0.2) is 14.6 Å². The van der Waals surface area contributed by atoms with Gasteiger partial charge in [0.05, 0.1) is 17.8 Å². The largest absolute Gasteiger partial charge is 0.463 e. The molecule has 0 saturated heterocycles. The highest BCUT2D eigenvalue weighted by molar-refractivity contribution is 5.88. The summed E-state index contributed by atoms with van der Waals surface area (Å²) in [7, 11) is 0. The summed E-state index contributed by atoms with van der Waals surface area (Å²) in [5.74, 6) is -0.456. The first-order valence-electron chi connectivity index (χ1n) is 4.98. The Balaban J connectivity index is 4.05. The second-order valence-corrected chi connectivity index (χ2v) is 4.18. The van der Waals surface area contributed by atoms with E-state index in [-0.39, 0.29) is 5.57 Å². The maximum absolute atomic E-state index is 11.3. The number of hydrogen-bond donors (Lipinski definition) is 0. The van der Waals surface area contributed by atoms with Gasteiger partial charge in [0.15, 0.2) is 0 Å². The third kappa shape index (κ3) is 6.25. The van der Waals surface area contributed by atoms with E-state index in [9.17, 15) is 4.79 Å². The lowest BCUT2D eigenvalue weighted by Gasteiger charge is -2.21. The fourth-order valence-corrected chi connectivity index (χ4v) is 0.664. The van der Waals surface area contributed by atoms with Crippen molar-refractivity contribution in [2.24, 2.45) is 0 Å². The van der Waals surface area contributed by atoms with Crippen LogP contribution in [-0.4, -0.2) is 24.3 Å². The van der Waals surface area contributed by atoms with Crippen LogP contribution in [-0.2, 0) is 19.3 Å². The quantitative estimate of drug-likeness (QED) is 0.306. The minimum Gasteiger partial charge on any atom is -0.463 e. The second-order valence-electron chi connectivity index (χ2n) is 4.18. The fraction of sp³-hybridized carbons (Fsp3) is 0.727. The summed E-state index contributed by atoms with van der Waals surface area (Å²) in [5.41, 5.74) is -0.162. The summed E-state index contributed by atoms with van der Waals surface area (Å²) >= 11 is 0. The lowest BCUT2D eigenvalue weighted by atomic mass is 10.2. The summed E-state index contributed by atoms with van der Waals surface area (Å²) in [5, 5.41) is 0. The Morgan fingerprint density at radius 1 is 1.40 bits per heavy atom. The maximum Gasteiger partial charge on any atom is 0.336 e. The highest BCUT2D eigenvalue weighted by atomic mass is 17.2. The molecule has 0 aromatic heterocycles. The molecule has 0 rings (SSSR count). The van der Waals surface area contributed by atoms with Crippen LogP contribution in [0.5, 0.6) is 0 Å². The first-order chi connectivity index (χ1) is 6.78. The molecule has 1 atom stereocenters. The number of rotatable bonds is 5. The van der Waals surface area contributed by atoms with Gasteiger partial charge in [-0.15, -0.1) is 0 Å². The highest BCUT2D eigenvalue weighted by Gasteiger charge is 2.20. The number of esters is 1. The first kappa shape index (κ1) is 14.1. The fourth-order valence-electron chi connectivity index (χ4n) is 0.664. The van der Waals surface area contributed by atoms with Crippen molar-refractivity contribution in [3.8, 4) is 0 Å². The van der Waals surface area contributed by atoms with E-state index in [1.807, 2.05) is 20.8 Å². The van der Waals surface area contributed by atoms with Crippen molar-refractivity contribution in [2.45, 2.75) is 46.3 Å². The van der Waals surface area contributed by atoms with Gasteiger partial charge in [0, 0.05) is 0 Å². The van der Waals surface area contributed by atoms with E-state index < -0.39 is 17.7 Å². The molecule has 1 unspecified atom stereocenters. The molecule has 0 aliphatic carbocycles. The molecule has 0 N–H and O–H groups in total. The van der Waals surface area contributed by atoms with Crippen LogP contribution in [0.2, 0.25) is 0 Å². The zero-order chi connectivity index (χ0) is 12.1. The summed E-state index contributed by atoms with van der Waals surface area (Å²) < 4.78 is 4.78. The van der Waals surface area contributed by atoms with Crippen LogP contribution in [0.4, 0.5) is 0 Å². The van der Waals surface area contributed by atoms with Crippen molar-refractivity contribution in [2.75, 3.05) is 6.61 Å². The molecule has 0 radical (unpaired) electrons. The standard InChI is InChI=1S/C11H20O4/c1-7-13-10(12)8(2)9(3)14-15-11(4,5)6/h9H,2,7H2,1,3-6H3. The maximum atomic E-state index is 11.3. The van der Waals surface area contributed by atoms with Crippen LogP contribution in [0.25, 0.3) is 0 Å². The second kappa shape index (κ2) is 5.88. The van der Waals surface area contributed by atoms with Gasteiger partial charge in [-0.05, 0) is 34.6 Å². The average molecular weight is 216 g/mol. The van der Waals surface area contributed by atoms with Crippen molar-refractivity contribution in [1.82, 2.24) is 0 Å². The number of hydrogen-bond acceptors (Lipinski definition) is 4. The van der Waals surface area contributed by atoms with Gasteiger partial charge >= 0.3 is 5.97 Å². The van der Waals surface area contributed by atoms with Crippen LogP contribution in [0.1, 0.15) is 34.6 Å². The zero-order valence-electron chi connectivity index (χ0n) is 10.1. The number of carbonyl (C=O) groups excluding carboxylic acids is 1. The van der Waals surface area contributed by atoms with E-state index >= 15 is 0 Å². The number of ether oxygens (including phenoxy) is 1. The monoisotopic (exact) mass is 216 g/mol. The molecule has 4 heteroatoms. The highest BCUT2D eigenvalue weighted by Crippen LogP contribution is 2.13. The molecule has 0 spiro atoms. The molecule has 0 heterocycles. The van der Waals surface area contributed by atoms with Crippen LogP contribution in [0.3, 0.4) is 0 Å². The molecule has 15 heavy (non-hydrogen) atoms. The Hall–Kier alpha value is -0.870. The molecule has 0 aromatic rings. The minimum atomic E-state index is -0.511. The Morgan fingerprint density at radius 3 is 2.33 bits per heavy atom. The van der Waals surface area contributed by atoms with Crippen LogP contribution >= 0.6 is 0 Å². The predicted octanol–water partition coefficient (Wildman–Crippen LogP) is 2.24. The van der Waals surface area contributed by atoms with Crippen molar-refractivity contribution in [3.05, 3.63) is 12.2 Å². The van der Waals surface area contributed by atoms with Crippen LogP contribution in [0, 0.1) is 0 Å². The molecule has 0 saturated carbocycles. The van der Waals surface area contributed by atoms with E-state index in [1.54, 1.807) is 13.8 Å². The molecule has 0 aliphatic heterocycles. The van der Waals surface area contributed by atoms with Gasteiger partial charge in [-0.2, -0.15) is 0 Å². The Kier molecular flexibility index (Phi) is 5.54. The normalized spacial score (nSPS) is 13.4. The molecule has 0 bridgehead atoms. The van der Waals surface area contributed by atoms with E-state index in [1.165, 1.54) is 0 Å². The van der Waals surface area contributed by atoms with E-state index in [0.717, 1.165) is 0 Å². The minimum absolute atomic E-state index is 0.251. The van der Waals surface area contributed by atoms with Crippen molar-refractivity contribution >= 4 is 5.97 Å². The third-order valence-corrected chi connectivity index (χ3v) is 1.47. The lowest BCUT2D eigenvalue weighted by Crippen LogP contribution is -2.26. The lowest BCUT2D eigenvalue weighted by molar-refractivity contribution is -0.363.